The van der Waals surface area contributed by atoms with Gasteiger partial charge in [-0.3, -0.25) is 9.59 Å². The van der Waals surface area contributed by atoms with Gasteiger partial charge in [0, 0.05) is 38.2 Å². The van der Waals surface area contributed by atoms with Gasteiger partial charge in [0.15, 0.2) is 0 Å². The molecule has 0 unspecified atom stereocenters. The monoisotopic (exact) mass is 452 g/mol. The van der Waals surface area contributed by atoms with Crippen LogP contribution >= 0.6 is 0 Å². The summed E-state index contributed by atoms with van der Waals surface area (Å²) < 4.78 is 5.25. The Hall–Kier alpha value is -3.55. The number of carbonyl (C=O) groups excluding carboxylic acids is 3. The van der Waals surface area contributed by atoms with Crippen molar-refractivity contribution in [3.63, 3.8) is 0 Å². The van der Waals surface area contributed by atoms with Gasteiger partial charge in [0.2, 0.25) is 11.8 Å². The van der Waals surface area contributed by atoms with Crippen LogP contribution in [0.25, 0.3) is 0 Å². The molecule has 0 bridgehead atoms. The highest BCUT2D eigenvalue weighted by Crippen LogP contribution is 2.16. The van der Waals surface area contributed by atoms with Gasteiger partial charge in [0.25, 0.3) is 0 Å². The number of methoxy groups -OCH3 is 1. The van der Waals surface area contributed by atoms with Gasteiger partial charge in [-0.15, -0.1) is 0 Å². The van der Waals surface area contributed by atoms with Crippen molar-refractivity contribution in [3.8, 4) is 5.75 Å². The zero-order chi connectivity index (χ0) is 23.8. The number of benzene rings is 2. The molecule has 2 aromatic rings. The minimum absolute atomic E-state index is 0.0532. The van der Waals surface area contributed by atoms with Crippen molar-refractivity contribution in [2.75, 3.05) is 25.5 Å². The highest BCUT2D eigenvalue weighted by molar-refractivity contribution is 5.89. The first-order valence-corrected chi connectivity index (χ1v) is 11.2. The van der Waals surface area contributed by atoms with Crippen LogP contribution < -0.4 is 20.7 Å². The first-order valence-electron chi connectivity index (χ1n) is 11.2. The lowest BCUT2D eigenvalue weighted by Gasteiger charge is -2.33. The number of ether oxygens (including phenoxy) is 1. The van der Waals surface area contributed by atoms with Crippen molar-refractivity contribution in [1.82, 2.24) is 15.5 Å². The number of hydrogen-bond donors (Lipinski definition) is 3. The average Bonchev–Trinajstić information content (AvgIpc) is 2.80. The van der Waals surface area contributed by atoms with E-state index >= 15 is 0 Å². The van der Waals surface area contributed by atoms with Crippen molar-refractivity contribution in [2.45, 2.75) is 45.2 Å². The van der Waals surface area contributed by atoms with Crippen LogP contribution in [0.1, 0.15) is 30.9 Å². The Morgan fingerprint density at radius 2 is 1.79 bits per heavy atom. The maximum Gasteiger partial charge on any atom is 0.321 e. The number of likely N-dealkylation sites (tertiary alicyclic amines) is 1. The minimum atomic E-state index is -0.683. The number of amides is 4. The van der Waals surface area contributed by atoms with Crippen LogP contribution in [0.4, 0.5) is 10.5 Å². The van der Waals surface area contributed by atoms with Crippen molar-refractivity contribution in [1.29, 1.82) is 0 Å². The quantitative estimate of drug-likeness (QED) is 0.601. The van der Waals surface area contributed by atoms with Crippen molar-refractivity contribution >= 4 is 23.5 Å². The third-order valence-corrected chi connectivity index (χ3v) is 5.70. The molecule has 176 valence electrons. The second kappa shape index (κ2) is 11.4. The number of nitrogens with zero attached hydrogens (tertiary/aromatic N) is 1. The normalized spacial score (nSPS) is 14.8. The molecule has 0 aliphatic carbocycles. The topological polar surface area (TPSA) is 99.8 Å². The van der Waals surface area contributed by atoms with E-state index < -0.39 is 6.04 Å². The van der Waals surface area contributed by atoms with Crippen molar-refractivity contribution in [2.24, 2.45) is 0 Å². The Balaban J connectivity index is 1.52. The molecule has 1 aliphatic heterocycles. The Morgan fingerprint density at radius 1 is 1.09 bits per heavy atom. The lowest BCUT2D eigenvalue weighted by atomic mass is 10.0. The van der Waals surface area contributed by atoms with Crippen molar-refractivity contribution in [3.05, 3.63) is 59.7 Å². The van der Waals surface area contributed by atoms with Crippen LogP contribution in [0.15, 0.2) is 48.5 Å². The highest BCUT2D eigenvalue weighted by Gasteiger charge is 2.27. The van der Waals surface area contributed by atoms with Gasteiger partial charge in [-0.1, -0.05) is 29.8 Å². The number of nitrogens with one attached hydrogen (secondary N) is 3. The van der Waals surface area contributed by atoms with Gasteiger partial charge < -0.3 is 25.6 Å². The summed E-state index contributed by atoms with van der Waals surface area (Å²) in [6.07, 6.45) is 1.67. The third-order valence-electron chi connectivity index (χ3n) is 5.70. The summed E-state index contributed by atoms with van der Waals surface area (Å²) in [5.74, 6) is 0.210. The molecule has 0 aromatic heterocycles. The predicted octanol–water partition coefficient (Wildman–Crippen LogP) is 2.86. The number of anilines is 1. The molecule has 0 spiro atoms. The van der Waals surface area contributed by atoms with Crippen LogP contribution in [0.2, 0.25) is 0 Å². The second-order valence-corrected chi connectivity index (χ2v) is 8.37. The first kappa shape index (κ1) is 24.1. The Labute approximate surface area is 194 Å². The summed E-state index contributed by atoms with van der Waals surface area (Å²) >= 11 is 0. The largest absolute Gasteiger partial charge is 0.497 e. The number of aryl methyl sites for hydroxylation is 1. The van der Waals surface area contributed by atoms with Crippen LogP contribution in [0.3, 0.4) is 0 Å². The summed E-state index contributed by atoms with van der Waals surface area (Å²) in [4.78, 5) is 38.9. The average molecular weight is 453 g/mol. The SMILES string of the molecule is COc1cccc(C[C@@H](NC(C)=O)C(=O)NC2CCN(C(=O)Nc3ccc(C)cc3)CC2)c1. The van der Waals surface area contributed by atoms with E-state index in [1.807, 2.05) is 55.5 Å². The molecule has 1 atom stereocenters. The van der Waals surface area contributed by atoms with E-state index in [2.05, 4.69) is 16.0 Å². The van der Waals surface area contributed by atoms with E-state index in [9.17, 15) is 14.4 Å². The lowest BCUT2D eigenvalue weighted by Crippen LogP contribution is -2.53. The van der Waals surface area contributed by atoms with Crippen LogP contribution in [-0.2, 0) is 16.0 Å². The molecule has 3 rings (SSSR count). The third kappa shape index (κ3) is 7.24. The molecule has 0 radical (unpaired) electrons. The summed E-state index contributed by atoms with van der Waals surface area (Å²) in [5, 5.41) is 8.71. The molecule has 1 saturated heterocycles. The van der Waals surface area contributed by atoms with Gasteiger partial charge in [-0.2, -0.15) is 0 Å². The van der Waals surface area contributed by atoms with E-state index in [-0.39, 0.29) is 23.9 Å². The van der Waals surface area contributed by atoms with E-state index in [0.717, 1.165) is 16.8 Å². The zero-order valence-electron chi connectivity index (χ0n) is 19.4. The standard InChI is InChI=1S/C25H32N4O4/c1-17-7-9-20(10-8-17)28-25(32)29-13-11-21(12-14-29)27-24(31)23(26-18(2)30)16-19-5-4-6-22(15-19)33-3/h4-10,15,21,23H,11-14,16H2,1-3H3,(H,26,30)(H,27,31)(H,28,32)/t23-/m1/s1. The van der Waals surface area contributed by atoms with Crippen LogP contribution in [-0.4, -0.2) is 55.0 Å². The molecule has 33 heavy (non-hydrogen) atoms. The van der Waals surface area contributed by atoms with E-state index in [0.29, 0.717) is 38.1 Å². The summed E-state index contributed by atoms with van der Waals surface area (Å²) in [5.41, 5.74) is 2.79. The Bertz CT molecular complexity index is 969. The Kier molecular flexibility index (Phi) is 8.29. The van der Waals surface area contributed by atoms with E-state index in [1.54, 1.807) is 12.0 Å². The predicted molar refractivity (Wildman–Crippen MR) is 127 cm³/mol. The van der Waals surface area contributed by atoms with Gasteiger partial charge in [-0.05, 0) is 49.6 Å². The number of urea groups is 1. The van der Waals surface area contributed by atoms with Crippen LogP contribution in [0, 0.1) is 6.92 Å². The highest BCUT2D eigenvalue weighted by atomic mass is 16.5. The number of rotatable bonds is 7. The molecule has 8 nitrogen and oxygen atoms in total. The fourth-order valence-corrected chi connectivity index (χ4v) is 3.86. The summed E-state index contributed by atoms with van der Waals surface area (Å²) in [6.45, 7) is 4.49. The number of piperidine rings is 1. The molecule has 0 saturated carbocycles. The molecule has 1 heterocycles. The zero-order valence-corrected chi connectivity index (χ0v) is 19.4. The maximum absolute atomic E-state index is 12.9. The summed E-state index contributed by atoms with van der Waals surface area (Å²) in [6, 6.07) is 14.2. The van der Waals surface area contributed by atoms with Gasteiger partial charge in [0.1, 0.15) is 11.8 Å². The molecule has 2 aromatic carbocycles. The molecular weight excluding hydrogens is 420 g/mol. The maximum atomic E-state index is 12.9. The van der Waals surface area contributed by atoms with E-state index in [4.69, 9.17) is 4.74 Å². The van der Waals surface area contributed by atoms with E-state index in [1.165, 1.54) is 6.92 Å². The van der Waals surface area contributed by atoms with Gasteiger partial charge >= 0.3 is 6.03 Å². The fourth-order valence-electron chi connectivity index (χ4n) is 3.86. The lowest BCUT2D eigenvalue weighted by molar-refractivity contribution is -0.128. The Morgan fingerprint density at radius 3 is 2.42 bits per heavy atom. The number of carbonyl (C=O) groups is 3. The molecule has 3 N–H and O–H groups in total. The molecular formula is C25H32N4O4. The molecule has 4 amide bonds. The minimum Gasteiger partial charge on any atom is -0.497 e. The first-order chi connectivity index (χ1) is 15.8. The summed E-state index contributed by atoms with van der Waals surface area (Å²) in [7, 11) is 1.59. The van der Waals surface area contributed by atoms with Crippen molar-refractivity contribution < 1.29 is 19.1 Å². The molecule has 1 aliphatic rings. The number of hydrogen-bond acceptors (Lipinski definition) is 4. The molecule has 1 fully saturated rings. The fraction of sp³-hybridized carbons (Fsp3) is 0.400. The molecule has 8 heteroatoms. The smallest absolute Gasteiger partial charge is 0.321 e. The van der Waals surface area contributed by atoms with Crippen LogP contribution in [0.5, 0.6) is 5.75 Å². The van der Waals surface area contributed by atoms with Gasteiger partial charge in [0.05, 0.1) is 7.11 Å². The second-order valence-electron chi connectivity index (χ2n) is 8.37. The van der Waals surface area contributed by atoms with Gasteiger partial charge in [-0.25, -0.2) is 4.79 Å².